The van der Waals surface area contributed by atoms with Crippen molar-refractivity contribution in [3.8, 4) is 22.6 Å². The van der Waals surface area contributed by atoms with Gasteiger partial charge in [-0.3, -0.25) is 0 Å². The standard InChI is InChI=1S/C33H38O4/c1-2-3-4-5-11-37-31-16-24-7-6-8-26(25-9-10-27(32(35)36)30(34)15-25)28(24)17-29(31)33-18-21-12-22(19-33)14-23(13-21)20-33/h6-10,15-17,21-23,34H,2-5,11-14,18-20H2,1H3,(H,35,36). The van der Waals surface area contributed by atoms with E-state index in [1.807, 2.05) is 6.07 Å². The van der Waals surface area contributed by atoms with Gasteiger partial charge in [0.05, 0.1) is 6.61 Å². The summed E-state index contributed by atoms with van der Waals surface area (Å²) < 4.78 is 6.58. The van der Waals surface area contributed by atoms with Crippen molar-refractivity contribution in [3.63, 3.8) is 0 Å². The highest BCUT2D eigenvalue weighted by atomic mass is 16.5. The predicted octanol–water partition coefficient (Wildman–Crippen LogP) is 8.34. The van der Waals surface area contributed by atoms with Gasteiger partial charge in [-0.1, -0.05) is 50.5 Å². The van der Waals surface area contributed by atoms with Crippen LogP contribution in [-0.2, 0) is 5.41 Å². The molecule has 37 heavy (non-hydrogen) atoms. The molecule has 4 fully saturated rings. The topological polar surface area (TPSA) is 66.8 Å². The predicted molar refractivity (Wildman–Crippen MR) is 147 cm³/mol. The maximum absolute atomic E-state index is 11.4. The molecule has 4 bridgehead atoms. The van der Waals surface area contributed by atoms with Crippen LogP contribution in [0.15, 0.2) is 48.5 Å². The zero-order chi connectivity index (χ0) is 25.6. The van der Waals surface area contributed by atoms with Gasteiger partial charge in [-0.05, 0) is 114 Å². The second kappa shape index (κ2) is 9.70. The minimum Gasteiger partial charge on any atom is -0.507 e. The smallest absolute Gasteiger partial charge is 0.339 e. The number of unbranched alkanes of at least 4 members (excludes halogenated alkanes) is 3. The minimum atomic E-state index is -1.12. The first kappa shape index (κ1) is 24.3. The van der Waals surface area contributed by atoms with Crippen molar-refractivity contribution >= 4 is 16.7 Å². The molecule has 0 heterocycles. The Morgan fingerprint density at radius 3 is 2.32 bits per heavy atom. The van der Waals surface area contributed by atoms with Crippen molar-refractivity contribution in [3.05, 3.63) is 59.7 Å². The van der Waals surface area contributed by atoms with E-state index in [-0.39, 0.29) is 16.7 Å². The lowest BCUT2D eigenvalue weighted by atomic mass is 9.48. The third-order valence-corrected chi connectivity index (χ3v) is 9.38. The van der Waals surface area contributed by atoms with Crippen molar-refractivity contribution in [2.75, 3.05) is 6.61 Å². The van der Waals surface area contributed by atoms with Crippen molar-refractivity contribution in [2.24, 2.45) is 17.8 Å². The van der Waals surface area contributed by atoms with Crippen LogP contribution in [0.25, 0.3) is 21.9 Å². The van der Waals surface area contributed by atoms with Crippen LogP contribution in [-0.4, -0.2) is 22.8 Å². The second-order valence-electron chi connectivity index (χ2n) is 12.0. The Kier molecular flexibility index (Phi) is 6.38. The summed E-state index contributed by atoms with van der Waals surface area (Å²) in [4.78, 5) is 11.4. The van der Waals surface area contributed by atoms with Crippen LogP contribution in [0.2, 0.25) is 0 Å². The number of hydrogen-bond acceptors (Lipinski definition) is 3. The first-order valence-corrected chi connectivity index (χ1v) is 14.2. The van der Waals surface area contributed by atoms with E-state index in [9.17, 15) is 15.0 Å². The molecule has 0 spiro atoms. The molecule has 0 amide bonds. The van der Waals surface area contributed by atoms with Gasteiger partial charge in [0.2, 0.25) is 0 Å². The van der Waals surface area contributed by atoms with Crippen LogP contribution in [0.3, 0.4) is 0 Å². The summed E-state index contributed by atoms with van der Waals surface area (Å²) in [5.74, 6) is 2.27. The van der Waals surface area contributed by atoms with Crippen LogP contribution in [0.1, 0.15) is 87.1 Å². The molecule has 0 atom stereocenters. The molecule has 194 valence electrons. The van der Waals surface area contributed by atoms with Gasteiger partial charge in [-0.15, -0.1) is 0 Å². The van der Waals surface area contributed by atoms with E-state index in [1.165, 1.54) is 69.4 Å². The number of phenols is 1. The van der Waals surface area contributed by atoms with E-state index in [0.717, 1.165) is 58.4 Å². The third kappa shape index (κ3) is 4.49. The fourth-order valence-electron chi connectivity index (χ4n) is 8.12. The number of ether oxygens (including phenoxy) is 1. The van der Waals surface area contributed by atoms with Crippen LogP contribution >= 0.6 is 0 Å². The lowest BCUT2D eigenvalue weighted by Crippen LogP contribution is -2.48. The first-order chi connectivity index (χ1) is 18.0. The number of rotatable bonds is 9. The molecule has 4 aliphatic carbocycles. The summed E-state index contributed by atoms with van der Waals surface area (Å²) in [6.07, 6.45) is 12.8. The summed E-state index contributed by atoms with van der Waals surface area (Å²) in [6, 6.07) is 15.8. The summed E-state index contributed by atoms with van der Waals surface area (Å²) in [5.41, 5.74) is 3.36. The number of carboxylic acids is 1. The van der Waals surface area contributed by atoms with Gasteiger partial charge >= 0.3 is 5.97 Å². The molecule has 4 aliphatic rings. The molecule has 0 unspecified atom stereocenters. The van der Waals surface area contributed by atoms with Gasteiger partial charge in [-0.25, -0.2) is 4.79 Å². The highest BCUT2D eigenvalue weighted by Crippen LogP contribution is 2.62. The Labute approximate surface area is 219 Å². The summed E-state index contributed by atoms with van der Waals surface area (Å²) >= 11 is 0. The van der Waals surface area contributed by atoms with E-state index in [2.05, 4.69) is 31.2 Å². The zero-order valence-corrected chi connectivity index (χ0v) is 21.8. The number of aromatic carboxylic acids is 1. The lowest BCUT2D eigenvalue weighted by Gasteiger charge is -2.57. The van der Waals surface area contributed by atoms with E-state index in [1.54, 1.807) is 12.1 Å². The number of aromatic hydroxyl groups is 1. The maximum atomic E-state index is 11.4. The van der Waals surface area contributed by atoms with Crippen LogP contribution in [0, 0.1) is 17.8 Å². The summed E-state index contributed by atoms with van der Waals surface area (Å²) in [5, 5.41) is 22.0. The molecule has 4 saturated carbocycles. The molecule has 0 aliphatic heterocycles. The van der Waals surface area contributed by atoms with Gasteiger partial charge in [0, 0.05) is 5.56 Å². The van der Waals surface area contributed by atoms with Crippen LogP contribution in [0.4, 0.5) is 0 Å². The molecule has 0 saturated heterocycles. The SMILES string of the molecule is CCCCCCOc1cc2cccc(-c3ccc(C(=O)O)c(O)c3)c2cc1C12CC3CC(CC(C3)C1)C2. The molecule has 4 heteroatoms. The molecule has 0 radical (unpaired) electrons. The fraction of sp³-hybridized carbons (Fsp3) is 0.485. The molecule has 7 rings (SSSR count). The first-order valence-electron chi connectivity index (χ1n) is 14.2. The number of carboxylic acid groups (broad SMARTS) is 1. The average Bonchev–Trinajstić information content (AvgIpc) is 2.86. The quantitative estimate of drug-likeness (QED) is 0.291. The van der Waals surface area contributed by atoms with E-state index in [4.69, 9.17) is 4.74 Å². The Morgan fingerprint density at radius 1 is 0.946 bits per heavy atom. The molecule has 0 aromatic heterocycles. The van der Waals surface area contributed by atoms with Crippen LogP contribution in [0.5, 0.6) is 11.5 Å². The fourth-order valence-corrected chi connectivity index (χ4v) is 8.12. The van der Waals surface area contributed by atoms with Gasteiger partial charge in [0.1, 0.15) is 17.1 Å². The number of carbonyl (C=O) groups is 1. The highest BCUT2D eigenvalue weighted by molar-refractivity contribution is 5.99. The summed E-state index contributed by atoms with van der Waals surface area (Å²) in [6.45, 7) is 3.00. The van der Waals surface area contributed by atoms with Crippen molar-refractivity contribution in [1.29, 1.82) is 0 Å². The average molecular weight is 499 g/mol. The Balaban J connectivity index is 1.45. The van der Waals surface area contributed by atoms with E-state index < -0.39 is 5.97 Å². The van der Waals surface area contributed by atoms with Gasteiger partial charge in [0.15, 0.2) is 0 Å². The molecule has 3 aromatic rings. The maximum Gasteiger partial charge on any atom is 0.339 e. The molecular weight excluding hydrogens is 460 g/mol. The second-order valence-corrected chi connectivity index (χ2v) is 12.0. The Morgan fingerprint density at radius 2 is 1.68 bits per heavy atom. The van der Waals surface area contributed by atoms with E-state index in [0.29, 0.717) is 0 Å². The third-order valence-electron chi connectivity index (χ3n) is 9.38. The normalized spacial score (nSPS) is 26.0. The lowest BCUT2D eigenvalue weighted by molar-refractivity contribution is -0.00633. The zero-order valence-electron chi connectivity index (χ0n) is 21.8. The number of fused-ring (bicyclic) bond motifs is 1. The van der Waals surface area contributed by atoms with Gasteiger partial charge in [0.25, 0.3) is 0 Å². The van der Waals surface area contributed by atoms with Gasteiger partial charge < -0.3 is 14.9 Å². The Hall–Kier alpha value is -3.01. The van der Waals surface area contributed by atoms with E-state index >= 15 is 0 Å². The molecule has 4 nitrogen and oxygen atoms in total. The minimum absolute atomic E-state index is 0.0722. The summed E-state index contributed by atoms with van der Waals surface area (Å²) in [7, 11) is 0. The van der Waals surface area contributed by atoms with Crippen molar-refractivity contribution < 1.29 is 19.7 Å². The highest BCUT2D eigenvalue weighted by Gasteiger charge is 2.52. The van der Waals surface area contributed by atoms with Crippen molar-refractivity contribution in [1.82, 2.24) is 0 Å². The van der Waals surface area contributed by atoms with Gasteiger partial charge in [-0.2, -0.15) is 0 Å². The Bertz CT molecular complexity index is 1290. The van der Waals surface area contributed by atoms with Crippen LogP contribution < -0.4 is 4.74 Å². The molecule has 2 N–H and O–H groups in total. The largest absolute Gasteiger partial charge is 0.507 e. The molecular formula is C33H38O4. The molecule has 3 aromatic carbocycles. The number of hydrogen-bond donors (Lipinski definition) is 2. The van der Waals surface area contributed by atoms with Crippen molar-refractivity contribution in [2.45, 2.75) is 76.5 Å². The number of benzene rings is 3. The monoisotopic (exact) mass is 498 g/mol.